The Labute approximate surface area is 152 Å². The second kappa shape index (κ2) is 10.0. The Balaban J connectivity index is 3.23. The average molecular weight is 348 g/mol. The van der Waals surface area contributed by atoms with Crippen molar-refractivity contribution < 1.29 is 18.9 Å². The molecule has 1 aromatic rings. The van der Waals surface area contributed by atoms with Gasteiger partial charge in [-0.05, 0) is 47.0 Å². The molecule has 0 aliphatic carbocycles. The first-order valence-corrected chi connectivity index (χ1v) is 8.55. The minimum absolute atomic E-state index is 0.562. The third-order valence-corrected chi connectivity index (χ3v) is 4.25. The molecule has 25 heavy (non-hydrogen) atoms. The highest BCUT2D eigenvalue weighted by atomic mass is 16.5. The van der Waals surface area contributed by atoms with Gasteiger partial charge < -0.3 is 18.9 Å². The van der Waals surface area contributed by atoms with Gasteiger partial charge in [0.05, 0.1) is 28.4 Å². The molecule has 0 amide bonds. The zero-order chi connectivity index (χ0) is 19.0. The second-order valence-corrected chi connectivity index (χ2v) is 6.31. The van der Waals surface area contributed by atoms with Gasteiger partial charge in [-0.1, -0.05) is 23.3 Å². The summed E-state index contributed by atoms with van der Waals surface area (Å²) in [5.41, 5.74) is 4.77. The van der Waals surface area contributed by atoms with Crippen LogP contribution < -0.4 is 18.9 Å². The maximum Gasteiger partial charge on any atom is 0.207 e. The summed E-state index contributed by atoms with van der Waals surface area (Å²) in [6, 6.07) is 0. The standard InChI is InChI=1S/C21H32O4/c1-14(2)10-9-11-15(3)12-13-17-16(4)18(22-5)20(24-7)21(25-8)19(17)23-6/h10,12H,9,11,13H2,1-8H3/b15-12+. The molecule has 0 heterocycles. The Morgan fingerprint density at radius 3 is 1.76 bits per heavy atom. The van der Waals surface area contributed by atoms with Crippen LogP contribution in [0, 0.1) is 6.92 Å². The topological polar surface area (TPSA) is 36.9 Å². The van der Waals surface area contributed by atoms with Crippen LogP contribution in [0.3, 0.4) is 0 Å². The van der Waals surface area contributed by atoms with Gasteiger partial charge >= 0.3 is 0 Å². The number of hydrogen-bond donors (Lipinski definition) is 0. The summed E-state index contributed by atoms with van der Waals surface area (Å²) in [6.45, 7) is 8.44. The number of allylic oxidation sites excluding steroid dienone is 4. The highest BCUT2D eigenvalue weighted by molar-refractivity contribution is 5.67. The van der Waals surface area contributed by atoms with Crippen LogP contribution in [-0.4, -0.2) is 28.4 Å². The molecular weight excluding hydrogens is 316 g/mol. The molecule has 0 spiro atoms. The summed E-state index contributed by atoms with van der Waals surface area (Å²) in [5.74, 6) is 2.52. The molecule has 4 heteroatoms. The highest BCUT2D eigenvalue weighted by Crippen LogP contribution is 2.49. The van der Waals surface area contributed by atoms with E-state index in [1.807, 2.05) is 6.92 Å². The van der Waals surface area contributed by atoms with E-state index in [2.05, 4.69) is 32.9 Å². The van der Waals surface area contributed by atoms with Gasteiger partial charge in [0.25, 0.3) is 0 Å². The fourth-order valence-electron chi connectivity index (χ4n) is 2.87. The molecule has 0 radical (unpaired) electrons. The van der Waals surface area contributed by atoms with E-state index in [0.29, 0.717) is 23.0 Å². The Bertz CT molecular complexity index is 638. The van der Waals surface area contributed by atoms with Gasteiger partial charge in [0.2, 0.25) is 11.5 Å². The third kappa shape index (κ3) is 5.18. The van der Waals surface area contributed by atoms with Crippen molar-refractivity contribution in [3.63, 3.8) is 0 Å². The lowest BCUT2D eigenvalue weighted by atomic mass is 9.99. The Morgan fingerprint density at radius 1 is 0.760 bits per heavy atom. The van der Waals surface area contributed by atoms with Crippen LogP contribution in [0.25, 0.3) is 0 Å². The van der Waals surface area contributed by atoms with Gasteiger partial charge in [-0.25, -0.2) is 0 Å². The fourth-order valence-corrected chi connectivity index (χ4v) is 2.87. The highest BCUT2D eigenvalue weighted by Gasteiger charge is 2.24. The van der Waals surface area contributed by atoms with Crippen molar-refractivity contribution in [3.8, 4) is 23.0 Å². The van der Waals surface area contributed by atoms with E-state index in [1.54, 1.807) is 28.4 Å². The SMILES string of the molecule is COc1c(C)c(C/C=C(\C)CCC=C(C)C)c(OC)c(OC)c1OC. The normalized spacial score (nSPS) is 11.1. The molecule has 140 valence electrons. The van der Waals surface area contributed by atoms with Crippen molar-refractivity contribution >= 4 is 0 Å². The van der Waals surface area contributed by atoms with Crippen molar-refractivity contribution in [2.24, 2.45) is 0 Å². The third-order valence-electron chi connectivity index (χ3n) is 4.25. The molecule has 1 rings (SSSR count). The predicted octanol–water partition coefficient (Wildman–Crippen LogP) is 5.26. The van der Waals surface area contributed by atoms with Gasteiger partial charge in [0.1, 0.15) is 0 Å². The molecule has 0 aliphatic heterocycles. The van der Waals surface area contributed by atoms with Gasteiger partial charge in [0, 0.05) is 11.1 Å². The number of benzene rings is 1. The van der Waals surface area contributed by atoms with E-state index in [9.17, 15) is 0 Å². The molecule has 1 aromatic carbocycles. The number of hydrogen-bond acceptors (Lipinski definition) is 4. The zero-order valence-electron chi connectivity index (χ0n) is 16.9. The molecule has 0 aliphatic rings. The molecule has 4 nitrogen and oxygen atoms in total. The molecule has 0 saturated heterocycles. The number of rotatable bonds is 9. The summed E-state index contributed by atoms with van der Waals surface area (Å²) in [6.07, 6.45) is 7.39. The molecule has 0 atom stereocenters. The summed E-state index contributed by atoms with van der Waals surface area (Å²) >= 11 is 0. The maximum absolute atomic E-state index is 5.64. The number of methoxy groups -OCH3 is 4. The van der Waals surface area contributed by atoms with Crippen LogP contribution in [0.5, 0.6) is 23.0 Å². The van der Waals surface area contributed by atoms with Crippen molar-refractivity contribution in [1.29, 1.82) is 0 Å². The van der Waals surface area contributed by atoms with Gasteiger partial charge in [-0.2, -0.15) is 0 Å². The largest absolute Gasteiger partial charge is 0.492 e. The van der Waals surface area contributed by atoms with E-state index in [4.69, 9.17) is 18.9 Å². The van der Waals surface area contributed by atoms with E-state index >= 15 is 0 Å². The van der Waals surface area contributed by atoms with Crippen LogP contribution in [-0.2, 0) is 6.42 Å². The van der Waals surface area contributed by atoms with Crippen molar-refractivity contribution in [2.45, 2.75) is 47.0 Å². The van der Waals surface area contributed by atoms with Crippen LogP contribution in [0.1, 0.15) is 44.7 Å². The Hall–Kier alpha value is -2.10. The smallest absolute Gasteiger partial charge is 0.207 e. The first kappa shape index (κ1) is 20.9. The van der Waals surface area contributed by atoms with Gasteiger partial charge in [0.15, 0.2) is 11.5 Å². The Kier molecular flexibility index (Phi) is 8.39. The number of ether oxygens (including phenoxy) is 4. The Morgan fingerprint density at radius 2 is 1.28 bits per heavy atom. The van der Waals surface area contributed by atoms with Gasteiger partial charge in [-0.3, -0.25) is 0 Å². The van der Waals surface area contributed by atoms with Crippen LogP contribution in [0.2, 0.25) is 0 Å². The van der Waals surface area contributed by atoms with E-state index in [0.717, 1.165) is 30.4 Å². The molecule has 0 saturated carbocycles. The quantitative estimate of drug-likeness (QED) is 0.570. The van der Waals surface area contributed by atoms with E-state index in [-0.39, 0.29) is 0 Å². The molecule has 0 N–H and O–H groups in total. The average Bonchev–Trinajstić information content (AvgIpc) is 2.58. The minimum atomic E-state index is 0.562. The molecule has 0 bridgehead atoms. The van der Waals surface area contributed by atoms with Crippen molar-refractivity contribution in [2.75, 3.05) is 28.4 Å². The lowest BCUT2D eigenvalue weighted by molar-refractivity contribution is 0.302. The van der Waals surface area contributed by atoms with Crippen molar-refractivity contribution in [1.82, 2.24) is 0 Å². The van der Waals surface area contributed by atoms with Crippen molar-refractivity contribution in [3.05, 3.63) is 34.4 Å². The van der Waals surface area contributed by atoms with E-state index < -0.39 is 0 Å². The predicted molar refractivity (Wildman–Crippen MR) is 104 cm³/mol. The second-order valence-electron chi connectivity index (χ2n) is 6.31. The zero-order valence-corrected chi connectivity index (χ0v) is 16.9. The summed E-state index contributed by atoms with van der Waals surface area (Å²) in [7, 11) is 6.50. The van der Waals surface area contributed by atoms with Crippen LogP contribution >= 0.6 is 0 Å². The van der Waals surface area contributed by atoms with Crippen LogP contribution in [0.4, 0.5) is 0 Å². The lowest BCUT2D eigenvalue weighted by Crippen LogP contribution is -2.04. The summed E-state index contributed by atoms with van der Waals surface area (Å²) in [4.78, 5) is 0. The maximum atomic E-state index is 5.64. The monoisotopic (exact) mass is 348 g/mol. The van der Waals surface area contributed by atoms with Crippen LogP contribution in [0.15, 0.2) is 23.3 Å². The van der Waals surface area contributed by atoms with Gasteiger partial charge in [-0.15, -0.1) is 0 Å². The first-order valence-electron chi connectivity index (χ1n) is 8.55. The lowest BCUT2D eigenvalue weighted by Gasteiger charge is -2.21. The van der Waals surface area contributed by atoms with E-state index in [1.165, 1.54) is 11.1 Å². The summed E-state index contributed by atoms with van der Waals surface area (Å²) < 4.78 is 22.2. The fraction of sp³-hybridized carbons (Fsp3) is 0.524. The molecule has 0 aromatic heterocycles. The molecule has 0 fully saturated rings. The molecule has 0 unspecified atom stereocenters. The minimum Gasteiger partial charge on any atom is -0.492 e. The first-order chi connectivity index (χ1) is 11.9. The summed E-state index contributed by atoms with van der Waals surface area (Å²) in [5, 5.41) is 0. The molecular formula is C21H32O4.